The molecule has 0 heterocycles. The number of hydrogen-bond donors (Lipinski definition) is 1. The van der Waals surface area contributed by atoms with Crippen LogP contribution in [0.3, 0.4) is 0 Å². The maximum absolute atomic E-state index is 11.0. The summed E-state index contributed by atoms with van der Waals surface area (Å²) in [5.41, 5.74) is 0.892. The van der Waals surface area contributed by atoms with Gasteiger partial charge in [-0.05, 0) is 43.6 Å². The fourth-order valence-corrected chi connectivity index (χ4v) is 2.98. The monoisotopic (exact) mass is 236 g/mol. The fourth-order valence-electron chi connectivity index (χ4n) is 1.80. The third-order valence-corrected chi connectivity index (χ3v) is 4.42. The minimum Gasteiger partial charge on any atom is -0.481 e. The van der Waals surface area contributed by atoms with E-state index < -0.39 is 5.97 Å². The first-order chi connectivity index (χ1) is 7.64. The Balaban J connectivity index is 1.85. The number of hydrogen-bond acceptors (Lipinski definition) is 2. The van der Waals surface area contributed by atoms with Crippen molar-refractivity contribution in [2.24, 2.45) is 5.41 Å². The molecule has 0 amide bonds. The zero-order chi connectivity index (χ0) is 11.6. The Morgan fingerprint density at radius 3 is 2.69 bits per heavy atom. The van der Waals surface area contributed by atoms with Gasteiger partial charge in [0, 0.05) is 4.90 Å². The first kappa shape index (κ1) is 11.5. The first-order valence-electron chi connectivity index (χ1n) is 5.56. The van der Waals surface area contributed by atoms with Gasteiger partial charge < -0.3 is 5.11 Å². The van der Waals surface area contributed by atoms with E-state index in [0.29, 0.717) is 0 Å². The molecule has 2 nitrogen and oxygen atoms in total. The number of aryl methyl sites for hydroxylation is 1. The molecule has 86 valence electrons. The summed E-state index contributed by atoms with van der Waals surface area (Å²) in [5, 5.41) is 9.05. The zero-order valence-corrected chi connectivity index (χ0v) is 10.2. The average molecular weight is 236 g/mol. The van der Waals surface area contributed by atoms with Crippen molar-refractivity contribution in [2.45, 2.75) is 31.1 Å². The summed E-state index contributed by atoms with van der Waals surface area (Å²) in [6, 6.07) is 8.24. The van der Waals surface area contributed by atoms with Gasteiger partial charge in [-0.1, -0.05) is 18.2 Å². The van der Waals surface area contributed by atoms with Gasteiger partial charge in [-0.2, -0.15) is 0 Å². The Kier molecular flexibility index (Phi) is 3.24. The minimum atomic E-state index is -0.613. The van der Waals surface area contributed by atoms with Crippen LogP contribution in [-0.4, -0.2) is 16.8 Å². The van der Waals surface area contributed by atoms with Crippen LogP contribution in [0.4, 0.5) is 0 Å². The molecule has 0 aliphatic heterocycles. The lowest BCUT2D eigenvalue weighted by Gasteiger charge is -2.09. The first-order valence-corrected chi connectivity index (χ1v) is 6.54. The van der Waals surface area contributed by atoms with Crippen LogP contribution >= 0.6 is 11.8 Å². The molecule has 1 N–H and O–H groups in total. The topological polar surface area (TPSA) is 37.3 Å². The van der Waals surface area contributed by atoms with E-state index in [9.17, 15) is 4.79 Å². The maximum atomic E-state index is 11.0. The summed E-state index contributed by atoms with van der Waals surface area (Å²) >= 11 is 1.77. The molecule has 1 saturated carbocycles. The van der Waals surface area contributed by atoms with Crippen molar-refractivity contribution in [3.05, 3.63) is 29.8 Å². The lowest BCUT2D eigenvalue weighted by molar-refractivity contribution is -0.143. The fraction of sp³-hybridized carbons (Fsp3) is 0.462. The average Bonchev–Trinajstić information content (AvgIpc) is 3.02. The van der Waals surface area contributed by atoms with Crippen molar-refractivity contribution in [1.82, 2.24) is 0 Å². The molecule has 1 fully saturated rings. The summed E-state index contributed by atoms with van der Waals surface area (Å²) in [7, 11) is 0. The number of carboxylic acid groups (broad SMARTS) is 1. The molecule has 3 heteroatoms. The Labute approximate surface area is 100 Å². The quantitative estimate of drug-likeness (QED) is 0.797. The number of aliphatic carboxylic acids is 1. The number of rotatable bonds is 5. The maximum Gasteiger partial charge on any atom is 0.309 e. The summed E-state index contributed by atoms with van der Waals surface area (Å²) in [4.78, 5) is 12.3. The summed E-state index contributed by atoms with van der Waals surface area (Å²) in [6.07, 6.45) is 2.51. The van der Waals surface area contributed by atoms with Crippen LogP contribution in [0.1, 0.15) is 24.8 Å². The van der Waals surface area contributed by atoms with E-state index in [0.717, 1.165) is 25.0 Å². The molecule has 0 radical (unpaired) electrons. The third-order valence-electron chi connectivity index (χ3n) is 3.24. The van der Waals surface area contributed by atoms with Crippen LogP contribution in [0, 0.1) is 12.3 Å². The second-order valence-corrected chi connectivity index (χ2v) is 5.59. The lowest BCUT2D eigenvalue weighted by Crippen LogP contribution is -2.15. The van der Waals surface area contributed by atoms with E-state index in [-0.39, 0.29) is 5.41 Å². The van der Waals surface area contributed by atoms with Gasteiger partial charge in [-0.3, -0.25) is 4.79 Å². The standard InChI is InChI=1S/C13H16O2S/c1-10-4-2-3-5-11(10)16-9-8-13(6-7-13)12(14)15/h2-5H,6-9H2,1H3,(H,14,15). The van der Waals surface area contributed by atoms with E-state index in [1.165, 1.54) is 10.5 Å². The lowest BCUT2D eigenvalue weighted by atomic mass is 10.1. The molecule has 0 atom stereocenters. The van der Waals surface area contributed by atoms with Crippen molar-refractivity contribution in [1.29, 1.82) is 0 Å². The molecule has 1 aliphatic rings. The van der Waals surface area contributed by atoms with Crippen LogP contribution in [-0.2, 0) is 4.79 Å². The number of carbonyl (C=O) groups is 1. The van der Waals surface area contributed by atoms with Gasteiger partial charge in [0.1, 0.15) is 0 Å². The molecule has 16 heavy (non-hydrogen) atoms. The van der Waals surface area contributed by atoms with E-state index >= 15 is 0 Å². The molecule has 0 aromatic heterocycles. The Morgan fingerprint density at radius 2 is 2.12 bits per heavy atom. The summed E-state index contributed by atoms with van der Waals surface area (Å²) in [6.45, 7) is 2.09. The van der Waals surface area contributed by atoms with Gasteiger partial charge >= 0.3 is 5.97 Å². The molecule has 0 bridgehead atoms. The summed E-state index contributed by atoms with van der Waals surface area (Å²) < 4.78 is 0. The van der Waals surface area contributed by atoms with Crippen molar-refractivity contribution >= 4 is 17.7 Å². The van der Waals surface area contributed by atoms with Crippen LogP contribution in [0.25, 0.3) is 0 Å². The molecule has 0 unspecified atom stereocenters. The number of carboxylic acids is 1. The predicted octanol–water partition coefficient (Wildman–Crippen LogP) is 3.34. The highest BCUT2D eigenvalue weighted by Crippen LogP contribution is 2.49. The Bertz CT molecular complexity index is 397. The van der Waals surface area contributed by atoms with Crippen molar-refractivity contribution in [3.63, 3.8) is 0 Å². The largest absolute Gasteiger partial charge is 0.481 e. The minimum absolute atomic E-state index is 0.379. The van der Waals surface area contributed by atoms with Crippen molar-refractivity contribution < 1.29 is 9.90 Å². The number of thioether (sulfide) groups is 1. The Morgan fingerprint density at radius 1 is 1.44 bits per heavy atom. The molecular weight excluding hydrogens is 220 g/mol. The molecule has 1 aromatic rings. The van der Waals surface area contributed by atoms with Gasteiger partial charge in [0.05, 0.1) is 5.41 Å². The van der Waals surface area contributed by atoms with Gasteiger partial charge in [0.25, 0.3) is 0 Å². The molecule has 0 saturated heterocycles. The van der Waals surface area contributed by atoms with Crippen LogP contribution in [0.15, 0.2) is 29.2 Å². The second-order valence-electron chi connectivity index (χ2n) is 4.45. The predicted molar refractivity (Wildman–Crippen MR) is 65.8 cm³/mol. The van der Waals surface area contributed by atoms with E-state index in [1.54, 1.807) is 11.8 Å². The second kappa shape index (κ2) is 4.50. The molecular formula is C13H16O2S. The van der Waals surface area contributed by atoms with E-state index in [2.05, 4.69) is 19.1 Å². The third kappa shape index (κ3) is 2.40. The highest BCUT2D eigenvalue weighted by molar-refractivity contribution is 7.99. The van der Waals surface area contributed by atoms with Gasteiger partial charge in [0.2, 0.25) is 0 Å². The molecule has 2 rings (SSSR count). The molecule has 0 spiro atoms. The SMILES string of the molecule is Cc1ccccc1SCCC1(C(=O)O)CC1. The number of benzene rings is 1. The van der Waals surface area contributed by atoms with Crippen LogP contribution in [0.2, 0.25) is 0 Å². The van der Waals surface area contributed by atoms with Gasteiger partial charge in [-0.15, -0.1) is 11.8 Å². The van der Waals surface area contributed by atoms with Crippen molar-refractivity contribution in [2.75, 3.05) is 5.75 Å². The van der Waals surface area contributed by atoms with Crippen molar-refractivity contribution in [3.8, 4) is 0 Å². The molecule has 1 aromatic carbocycles. The van der Waals surface area contributed by atoms with Crippen LogP contribution in [0.5, 0.6) is 0 Å². The normalized spacial score (nSPS) is 17.1. The zero-order valence-electron chi connectivity index (χ0n) is 9.40. The highest BCUT2D eigenvalue weighted by Gasteiger charge is 2.49. The highest BCUT2D eigenvalue weighted by atomic mass is 32.2. The summed E-state index contributed by atoms with van der Waals surface area (Å²) in [5.74, 6) is 0.287. The van der Waals surface area contributed by atoms with E-state index in [4.69, 9.17) is 5.11 Å². The van der Waals surface area contributed by atoms with Gasteiger partial charge in [0.15, 0.2) is 0 Å². The molecule has 1 aliphatic carbocycles. The van der Waals surface area contributed by atoms with E-state index in [1.807, 2.05) is 12.1 Å². The Hall–Kier alpha value is -0.960. The van der Waals surface area contributed by atoms with Gasteiger partial charge in [-0.25, -0.2) is 0 Å². The van der Waals surface area contributed by atoms with Crippen LogP contribution < -0.4 is 0 Å². The smallest absolute Gasteiger partial charge is 0.309 e.